The third-order valence-corrected chi connectivity index (χ3v) is 2.19. The molecule has 3 atom stereocenters. The summed E-state index contributed by atoms with van der Waals surface area (Å²) >= 11 is 0. The summed E-state index contributed by atoms with van der Waals surface area (Å²) in [4.78, 5) is 0. The number of hydrogen-bond donors (Lipinski definition) is 2. The fraction of sp³-hybridized carbons (Fsp3) is 1.00. The smallest absolute Gasteiger partial charge is 0.0694 e. The van der Waals surface area contributed by atoms with Crippen molar-refractivity contribution < 1.29 is 5.11 Å². The van der Waals surface area contributed by atoms with Crippen LogP contribution in [0, 0.1) is 5.92 Å². The molecule has 0 aliphatic heterocycles. The molecule has 0 aromatic heterocycles. The molecular weight excluding hydrogens is 102 g/mol. The van der Waals surface area contributed by atoms with Gasteiger partial charge in [-0.3, -0.25) is 0 Å². The van der Waals surface area contributed by atoms with Crippen molar-refractivity contribution in [3.63, 3.8) is 0 Å². The van der Waals surface area contributed by atoms with Crippen LogP contribution in [0.25, 0.3) is 0 Å². The largest absolute Gasteiger partial charge is 0.391 e. The lowest BCUT2D eigenvalue weighted by Gasteiger charge is -2.12. The summed E-state index contributed by atoms with van der Waals surface area (Å²) in [5.41, 5.74) is 5.45. The molecule has 0 amide bonds. The lowest BCUT2D eigenvalue weighted by molar-refractivity contribution is 0.147. The van der Waals surface area contributed by atoms with E-state index in [0.717, 1.165) is 6.42 Å². The first kappa shape index (κ1) is 6.05. The maximum absolute atomic E-state index is 9.00. The SMILES string of the molecule is C[C@H](O)C1(N)C[C@H]1C. The van der Waals surface area contributed by atoms with Crippen molar-refractivity contribution >= 4 is 0 Å². The van der Waals surface area contributed by atoms with Gasteiger partial charge in [0.05, 0.1) is 6.10 Å². The third kappa shape index (κ3) is 0.644. The van der Waals surface area contributed by atoms with Gasteiger partial charge in [-0.1, -0.05) is 6.92 Å². The Balaban J connectivity index is 2.47. The Hall–Kier alpha value is -0.0800. The molecule has 0 spiro atoms. The zero-order chi connectivity index (χ0) is 6.36. The number of nitrogens with two attached hydrogens (primary N) is 1. The topological polar surface area (TPSA) is 46.2 Å². The Morgan fingerprint density at radius 1 is 1.88 bits per heavy atom. The van der Waals surface area contributed by atoms with Gasteiger partial charge in [0.15, 0.2) is 0 Å². The quantitative estimate of drug-likeness (QED) is 0.509. The van der Waals surface area contributed by atoms with Crippen LogP contribution in [0.2, 0.25) is 0 Å². The molecule has 0 radical (unpaired) electrons. The maximum atomic E-state index is 9.00. The van der Waals surface area contributed by atoms with Crippen LogP contribution in [0.4, 0.5) is 0 Å². The summed E-state index contributed by atoms with van der Waals surface area (Å²) in [5, 5.41) is 9.00. The van der Waals surface area contributed by atoms with E-state index in [2.05, 4.69) is 6.92 Å². The van der Waals surface area contributed by atoms with E-state index < -0.39 is 0 Å². The number of aliphatic hydroxyl groups excluding tert-OH is 1. The highest BCUT2D eigenvalue weighted by Crippen LogP contribution is 2.42. The highest BCUT2D eigenvalue weighted by Gasteiger charge is 2.51. The summed E-state index contributed by atoms with van der Waals surface area (Å²) in [5.74, 6) is 0.516. The summed E-state index contributed by atoms with van der Waals surface area (Å²) in [6, 6.07) is 0. The van der Waals surface area contributed by atoms with E-state index in [1.807, 2.05) is 0 Å². The molecule has 2 heteroatoms. The van der Waals surface area contributed by atoms with Gasteiger partial charge in [-0.2, -0.15) is 0 Å². The molecule has 1 saturated carbocycles. The van der Waals surface area contributed by atoms with Gasteiger partial charge in [0.1, 0.15) is 0 Å². The lowest BCUT2D eigenvalue weighted by atomic mass is 10.1. The molecule has 1 aliphatic rings. The molecule has 2 nitrogen and oxygen atoms in total. The predicted octanol–water partition coefficient (Wildman–Crippen LogP) is 0.104. The second kappa shape index (κ2) is 1.45. The average molecular weight is 115 g/mol. The van der Waals surface area contributed by atoms with Crippen LogP contribution in [-0.4, -0.2) is 16.7 Å². The van der Waals surface area contributed by atoms with Crippen LogP contribution in [-0.2, 0) is 0 Å². The van der Waals surface area contributed by atoms with Crippen LogP contribution in [0.1, 0.15) is 20.3 Å². The molecule has 0 aromatic carbocycles. The highest BCUT2D eigenvalue weighted by atomic mass is 16.3. The Labute approximate surface area is 49.7 Å². The van der Waals surface area contributed by atoms with Gasteiger partial charge in [-0.15, -0.1) is 0 Å². The minimum absolute atomic E-state index is 0.236. The molecule has 48 valence electrons. The molecule has 8 heavy (non-hydrogen) atoms. The van der Waals surface area contributed by atoms with E-state index in [1.165, 1.54) is 0 Å². The molecule has 0 aromatic rings. The second-order valence-electron chi connectivity index (χ2n) is 2.89. The fourth-order valence-corrected chi connectivity index (χ4v) is 1.05. The van der Waals surface area contributed by atoms with E-state index in [4.69, 9.17) is 10.8 Å². The van der Waals surface area contributed by atoms with Crippen molar-refractivity contribution in [3.05, 3.63) is 0 Å². The van der Waals surface area contributed by atoms with Crippen molar-refractivity contribution in [1.82, 2.24) is 0 Å². The number of aliphatic hydroxyl groups is 1. The minimum atomic E-state index is -0.336. The first-order chi connectivity index (χ1) is 3.57. The van der Waals surface area contributed by atoms with Crippen molar-refractivity contribution in [1.29, 1.82) is 0 Å². The Bertz CT molecular complexity index is 103. The lowest BCUT2D eigenvalue weighted by Crippen LogP contribution is -2.36. The Morgan fingerprint density at radius 2 is 2.25 bits per heavy atom. The van der Waals surface area contributed by atoms with Gasteiger partial charge in [0.25, 0.3) is 0 Å². The molecule has 3 N–H and O–H groups in total. The van der Waals surface area contributed by atoms with Crippen molar-refractivity contribution in [2.24, 2.45) is 11.7 Å². The monoisotopic (exact) mass is 115 g/mol. The van der Waals surface area contributed by atoms with Crippen molar-refractivity contribution in [3.8, 4) is 0 Å². The summed E-state index contributed by atoms with van der Waals surface area (Å²) in [6.45, 7) is 3.82. The van der Waals surface area contributed by atoms with Crippen LogP contribution in [0.3, 0.4) is 0 Å². The van der Waals surface area contributed by atoms with Crippen LogP contribution in [0.5, 0.6) is 0 Å². The molecule has 0 bridgehead atoms. The average Bonchev–Trinajstić information content (AvgIpc) is 2.17. The first-order valence-corrected chi connectivity index (χ1v) is 3.04. The molecule has 1 fully saturated rings. The molecule has 1 aliphatic carbocycles. The van der Waals surface area contributed by atoms with Gasteiger partial charge >= 0.3 is 0 Å². The Morgan fingerprint density at radius 3 is 2.25 bits per heavy atom. The van der Waals surface area contributed by atoms with E-state index in [0.29, 0.717) is 5.92 Å². The minimum Gasteiger partial charge on any atom is -0.391 e. The summed E-state index contributed by atoms with van der Waals surface area (Å²) < 4.78 is 0. The predicted molar refractivity (Wildman–Crippen MR) is 32.4 cm³/mol. The number of hydrogen-bond acceptors (Lipinski definition) is 2. The Kier molecular flexibility index (Phi) is 1.10. The van der Waals surface area contributed by atoms with Gasteiger partial charge in [0.2, 0.25) is 0 Å². The second-order valence-corrected chi connectivity index (χ2v) is 2.89. The van der Waals surface area contributed by atoms with Crippen molar-refractivity contribution in [2.75, 3.05) is 0 Å². The van der Waals surface area contributed by atoms with Gasteiger partial charge in [0, 0.05) is 5.54 Å². The van der Waals surface area contributed by atoms with Gasteiger partial charge in [-0.25, -0.2) is 0 Å². The van der Waals surface area contributed by atoms with E-state index in [9.17, 15) is 0 Å². The number of rotatable bonds is 1. The summed E-state index contributed by atoms with van der Waals surface area (Å²) in [6.07, 6.45) is 0.641. The zero-order valence-corrected chi connectivity index (χ0v) is 5.39. The molecular formula is C6H13NO. The maximum Gasteiger partial charge on any atom is 0.0694 e. The van der Waals surface area contributed by atoms with Crippen LogP contribution < -0.4 is 5.73 Å². The summed E-state index contributed by atoms with van der Waals surface area (Å²) in [7, 11) is 0. The first-order valence-electron chi connectivity index (χ1n) is 3.04. The normalized spacial score (nSPS) is 48.8. The van der Waals surface area contributed by atoms with Crippen LogP contribution >= 0.6 is 0 Å². The standard InChI is InChI=1S/C6H13NO/c1-4-3-6(4,7)5(2)8/h4-5,8H,3,7H2,1-2H3/t4-,5+,6?/m1/s1. The third-order valence-electron chi connectivity index (χ3n) is 2.19. The van der Waals surface area contributed by atoms with E-state index >= 15 is 0 Å². The van der Waals surface area contributed by atoms with Crippen LogP contribution in [0.15, 0.2) is 0 Å². The van der Waals surface area contributed by atoms with E-state index in [1.54, 1.807) is 6.92 Å². The van der Waals surface area contributed by atoms with Gasteiger partial charge < -0.3 is 10.8 Å². The van der Waals surface area contributed by atoms with Gasteiger partial charge in [-0.05, 0) is 19.3 Å². The molecule has 1 unspecified atom stereocenters. The fourth-order valence-electron chi connectivity index (χ4n) is 1.05. The highest BCUT2D eigenvalue weighted by molar-refractivity contribution is 5.08. The van der Waals surface area contributed by atoms with Crippen molar-refractivity contribution in [2.45, 2.75) is 31.9 Å². The van der Waals surface area contributed by atoms with E-state index in [-0.39, 0.29) is 11.6 Å². The molecule has 0 heterocycles. The molecule has 0 saturated heterocycles. The zero-order valence-electron chi connectivity index (χ0n) is 5.39. The molecule has 1 rings (SSSR count).